The molecule has 0 amide bonds. The van der Waals surface area contributed by atoms with Gasteiger partial charge in [0.15, 0.2) is 6.29 Å². The van der Waals surface area contributed by atoms with Crippen LogP contribution >= 0.6 is 0 Å². The number of hydrogen-bond acceptors (Lipinski definition) is 4. The molecule has 2 heterocycles. The second kappa shape index (κ2) is 5.80. The van der Waals surface area contributed by atoms with E-state index in [0.29, 0.717) is 19.8 Å². The minimum atomic E-state index is -0.235. The summed E-state index contributed by atoms with van der Waals surface area (Å²) in [6.45, 7) is 2.51. The molecule has 1 aromatic carbocycles. The van der Waals surface area contributed by atoms with Crippen LogP contribution in [0.3, 0.4) is 0 Å². The van der Waals surface area contributed by atoms with Crippen molar-refractivity contribution in [3.8, 4) is 0 Å². The highest BCUT2D eigenvalue weighted by molar-refractivity contribution is 5.15. The SMILES string of the molecule is c1ccc(CC2COC(OCC3CO3)CO2)cc1. The molecular weight excluding hydrogens is 232 g/mol. The zero-order valence-electron chi connectivity index (χ0n) is 10.3. The third kappa shape index (κ3) is 3.53. The number of rotatable bonds is 5. The highest BCUT2D eigenvalue weighted by Gasteiger charge is 2.27. The third-order valence-electron chi connectivity index (χ3n) is 3.11. The molecule has 0 aliphatic carbocycles. The van der Waals surface area contributed by atoms with Gasteiger partial charge in [0, 0.05) is 6.42 Å². The molecule has 0 saturated carbocycles. The first-order chi connectivity index (χ1) is 8.90. The molecule has 0 radical (unpaired) electrons. The summed E-state index contributed by atoms with van der Waals surface area (Å²) in [6, 6.07) is 10.3. The summed E-state index contributed by atoms with van der Waals surface area (Å²) in [5.74, 6) is 0. The van der Waals surface area contributed by atoms with E-state index in [9.17, 15) is 0 Å². The van der Waals surface area contributed by atoms with Crippen molar-refractivity contribution in [3.05, 3.63) is 35.9 Å². The Morgan fingerprint density at radius 2 is 1.72 bits per heavy atom. The quantitative estimate of drug-likeness (QED) is 0.740. The molecule has 0 aromatic heterocycles. The maximum Gasteiger partial charge on any atom is 0.181 e. The maximum atomic E-state index is 5.76. The Labute approximate surface area is 107 Å². The molecule has 3 rings (SSSR count). The van der Waals surface area contributed by atoms with Crippen LogP contribution in [0.1, 0.15) is 5.56 Å². The predicted octanol–water partition coefficient (Wildman–Crippen LogP) is 1.39. The predicted molar refractivity (Wildman–Crippen MR) is 65.3 cm³/mol. The first kappa shape index (κ1) is 12.1. The van der Waals surface area contributed by atoms with E-state index >= 15 is 0 Å². The van der Waals surface area contributed by atoms with Gasteiger partial charge >= 0.3 is 0 Å². The molecule has 0 N–H and O–H groups in total. The zero-order chi connectivity index (χ0) is 12.2. The molecule has 18 heavy (non-hydrogen) atoms. The smallest absolute Gasteiger partial charge is 0.181 e. The van der Waals surface area contributed by atoms with Crippen molar-refractivity contribution in [2.45, 2.75) is 24.9 Å². The van der Waals surface area contributed by atoms with Crippen LogP contribution in [0.15, 0.2) is 30.3 Å². The van der Waals surface area contributed by atoms with E-state index in [1.807, 2.05) is 18.2 Å². The Kier molecular flexibility index (Phi) is 3.90. The number of hydrogen-bond donors (Lipinski definition) is 0. The lowest BCUT2D eigenvalue weighted by Gasteiger charge is -2.29. The second-order valence-electron chi connectivity index (χ2n) is 4.70. The van der Waals surface area contributed by atoms with Crippen LogP contribution < -0.4 is 0 Å². The highest BCUT2D eigenvalue weighted by atomic mass is 16.7. The Morgan fingerprint density at radius 3 is 2.39 bits per heavy atom. The van der Waals surface area contributed by atoms with Crippen LogP contribution in [0.5, 0.6) is 0 Å². The molecule has 98 valence electrons. The van der Waals surface area contributed by atoms with E-state index in [1.54, 1.807) is 0 Å². The van der Waals surface area contributed by atoms with E-state index in [2.05, 4.69) is 12.1 Å². The lowest BCUT2D eigenvalue weighted by Crippen LogP contribution is -2.38. The molecule has 3 atom stereocenters. The fourth-order valence-corrected chi connectivity index (χ4v) is 2.00. The fraction of sp³-hybridized carbons (Fsp3) is 0.571. The van der Waals surface area contributed by atoms with Gasteiger partial charge in [0.2, 0.25) is 0 Å². The summed E-state index contributed by atoms with van der Waals surface area (Å²) in [7, 11) is 0. The van der Waals surface area contributed by atoms with Crippen LogP contribution in [0, 0.1) is 0 Å². The summed E-state index contributed by atoms with van der Waals surface area (Å²) < 4.78 is 22.0. The van der Waals surface area contributed by atoms with Crippen molar-refractivity contribution >= 4 is 0 Å². The van der Waals surface area contributed by atoms with Crippen molar-refractivity contribution in [2.24, 2.45) is 0 Å². The Hall–Kier alpha value is -0.940. The molecule has 2 aliphatic rings. The van der Waals surface area contributed by atoms with Gasteiger partial charge in [0.25, 0.3) is 0 Å². The summed E-state index contributed by atoms with van der Waals surface area (Å²) in [5, 5.41) is 0. The van der Waals surface area contributed by atoms with Crippen molar-refractivity contribution in [1.82, 2.24) is 0 Å². The van der Waals surface area contributed by atoms with Crippen LogP contribution in [-0.2, 0) is 25.4 Å². The van der Waals surface area contributed by atoms with Gasteiger partial charge in [-0.2, -0.15) is 0 Å². The van der Waals surface area contributed by atoms with Gasteiger partial charge in [0.1, 0.15) is 6.10 Å². The van der Waals surface area contributed by atoms with Gasteiger partial charge in [-0.3, -0.25) is 0 Å². The number of epoxide rings is 1. The van der Waals surface area contributed by atoms with Gasteiger partial charge in [0.05, 0.1) is 32.5 Å². The van der Waals surface area contributed by atoms with Gasteiger partial charge in [-0.25, -0.2) is 0 Å². The summed E-state index contributed by atoms with van der Waals surface area (Å²) in [6.07, 6.45) is 1.06. The molecule has 0 spiro atoms. The molecule has 1 aromatic rings. The summed E-state index contributed by atoms with van der Waals surface area (Å²) in [4.78, 5) is 0. The molecule has 2 fully saturated rings. The van der Waals surface area contributed by atoms with Crippen molar-refractivity contribution in [1.29, 1.82) is 0 Å². The summed E-state index contributed by atoms with van der Waals surface area (Å²) >= 11 is 0. The van der Waals surface area contributed by atoms with E-state index in [-0.39, 0.29) is 18.5 Å². The molecule has 0 bridgehead atoms. The normalized spacial score (nSPS) is 31.2. The Morgan fingerprint density at radius 1 is 0.944 bits per heavy atom. The van der Waals surface area contributed by atoms with Gasteiger partial charge in [-0.15, -0.1) is 0 Å². The lowest BCUT2D eigenvalue weighted by molar-refractivity contribution is -0.234. The average molecular weight is 250 g/mol. The van der Waals surface area contributed by atoms with E-state index < -0.39 is 0 Å². The van der Waals surface area contributed by atoms with Crippen LogP contribution in [-0.4, -0.2) is 44.9 Å². The lowest BCUT2D eigenvalue weighted by atomic mass is 10.1. The fourth-order valence-electron chi connectivity index (χ4n) is 2.00. The van der Waals surface area contributed by atoms with Crippen LogP contribution in [0.25, 0.3) is 0 Å². The molecule has 2 saturated heterocycles. The number of ether oxygens (including phenoxy) is 4. The van der Waals surface area contributed by atoms with Gasteiger partial charge in [-0.05, 0) is 5.56 Å². The van der Waals surface area contributed by atoms with Crippen molar-refractivity contribution < 1.29 is 18.9 Å². The highest BCUT2D eigenvalue weighted by Crippen LogP contribution is 2.15. The molecule has 4 heteroatoms. The average Bonchev–Trinajstić information content (AvgIpc) is 3.23. The first-order valence-electron chi connectivity index (χ1n) is 6.40. The zero-order valence-corrected chi connectivity index (χ0v) is 10.3. The minimum Gasteiger partial charge on any atom is -0.371 e. The maximum absolute atomic E-state index is 5.76. The van der Waals surface area contributed by atoms with Crippen molar-refractivity contribution in [2.75, 3.05) is 26.4 Å². The van der Waals surface area contributed by atoms with Crippen molar-refractivity contribution in [3.63, 3.8) is 0 Å². The third-order valence-corrected chi connectivity index (χ3v) is 3.11. The van der Waals surface area contributed by atoms with E-state index in [1.165, 1.54) is 5.56 Å². The van der Waals surface area contributed by atoms with E-state index in [0.717, 1.165) is 13.0 Å². The second-order valence-corrected chi connectivity index (χ2v) is 4.70. The van der Waals surface area contributed by atoms with Crippen LogP contribution in [0.4, 0.5) is 0 Å². The number of benzene rings is 1. The van der Waals surface area contributed by atoms with Gasteiger partial charge < -0.3 is 18.9 Å². The van der Waals surface area contributed by atoms with E-state index in [4.69, 9.17) is 18.9 Å². The topological polar surface area (TPSA) is 40.2 Å². The Balaban J connectivity index is 1.39. The molecule has 3 unspecified atom stereocenters. The standard InChI is InChI=1S/C14H18O4/c1-2-4-11(5-3-1)6-12-7-17-14(10-16-12)18-9-13-8-15-13/h1-5,12-14H,6-10H2. The minimum absolute atomic E-state index is 0.129. The monoisotopic (exact) mass is 250 g/mol. The molecular formula is C14H18O4. The summed E-state index contributed by atoms with van der Waals surface area (Å²) in [5.41, 5.74) is 1.27. The van der Waals surface area contributed by atoms with Crippen LogP contribution in [0.2, 0.25) is 0 Å². The molecule has 2 aliphatic heterocycles. The Bertz CT molecular complexity index is 355. The largest absolute Gasteiger partial charge is 0.371 e. The first-order valence-corrected chi connectivity index (χ1v) is 6.40. The van der Waals surface area contributed by atoms with Gasteiger partial charge in [-0.1, -0.05) is 30.3 Å². The molecule has 4 nitrogen and oxygen atoms in total.